The highest BCUT2D eigenvalue weighted by molar-refractivity contribution is 6.01. The number of anilines is 1. The first-order valence-corrected chi connectivity index (χ1v) is 6.59. The number of benzene rings is 2. The summed E-state index contributed by atoms with van der Waals surface area (Å²) in [5.41, 5.74) is 9.45. The number of aromatic amines is 1. The molecule has 0 aliphatic heterocycles. The Labute approximate surface area is 121 Å². The molecule has 0 atom stereocenters. The van der Waals surface area contributed by atoms with Crippen molar-refractivity contribution in [2.45, 2.75) is 13.8 Å². The van der Waals surface area contributed by atoms with Gasteiger partial charge >= 0.3 is 5.69 Å². The largest absolute Gasteiger partial charge is 0.399 e. The monoisotopic (exact) mass is 281 g/mol. The number of hydrogen-bond acceptors (Lipinski definition) is 3. The summed E-state index contributed by atoms with van der Waals surface area (Å²) in [6.45, 7) is 3.91. The molecule has 3 rings (SSSR count). The Morgan fingerprint density at radius 3 is 2.57 bits per heavy atom. The number of nitrogen functional groups attached to an aromatic ring is 1. The Hall–Kier alpha value is -2.82. The van der Waals surface area contributed by atoms with E-state index in [2.05, 4.69) is 4.98 Å². The van der Waals surface area contributed by atoms with Gasteiger partial charge in [-0.3, -0.25) is 4.79 Å². The second-order valence-electron chi connectivity index (χ2n) is 5.15. The summed E-state index contributed by atoms with van der Waals surface area (Å²) in [6.07, 6.45) is 0. The van der Waals surface area contributed by atoms with Crippen LogP contribution in [0, 0.1) is 13.8 Å². The molecule has 0 unspecified atom stereocenters. The van der Waals surface area contributed by atoms with Gasteiger partial charge in [-0.2, -0.15) is 0 Å². The maximum Gasteiger partial charge on any atom is 0.333 e. The van der Waals surface area contributed by atoms with E-state index >= 15 is 0 Å². The average Bonchev–Trinajstić information content (AvgIpc) is 2.76. The molecule has 0 amide bonds. The van der Waals surface area contributed by atoms with Crippen molar-refractivity contribution in [3.63, 3.8) is 0 Å². The van der Waals surface area contributed by atoms with Crippen LogP contribution >= 0.6 is 0 Å². The molecule has 3 aromatic rings. The van der Waals surface area contributed by atoms with Gasteiger partial charge in [-0.05, 0) is 55.3 Å². The summed E-state index contributed by atoms with van der Waals surface area (Å²) in [5.74, 6) is -0.361. The molecule has 0 radical (unpaired) electrons. The number of carbonyl (C=O) groups excluding carboxylic acids is 1. The zero-order chi connectivity index (χ0) is 15.1. The molecule has 2 aromatic carbocycles. The lowest BCUT2D eigenvalue weighted by Crippen LogP contribution is -2.24. The fraction of sp³-hybridized carbons (Fsp3) is 0.125. The van der Waals surface area contributed by atoms with Crippen molar-refractivity contribution in [3.05, 3.63) is 63.6 Å². The highest BCUT2D eigenvalue weighted by Crippen LogP contribution is 2.17. The van der Waals surface area contributed by atoms with Gasteiger partial charge in [0, 0.05) is 11.3 Å². The van der Waals surface area contributed by atoms with E-state index in [1.54, 1.807) is 30.3 Å². The molecule has 21 heavy (non-hydrogen) atoms. The highest BCUT2D eigenvalue weighted by atomic mass is 16.2. The Morgan fingerprint density at radius 1 is 1.10 bits per heavy atom. The van der Waals surface area contributed by atoms with Gasteiger partial charge in [0.05, 0.1) is 11.0 Å². The van der Waals surface area contributed by atoms with Crippen LogP contribution in [0.5, 0.6) is 0 Å². The number of nitrogens with zero attached hydrogens (tertiary/aromatic N) is 1. The second kappa shape index (κ2) is 4.63. The minimum absolute atomic E-state index is 0.361. The maximum atomic E-state index is 12.6. The molecule has 3 N–H and O–H groups in total. The molecule has 5 heteroatoms. The summed E-state index contributed by atoms with van der Waals surface area (Å²) < 4.78 is 1.12. The van der Waals surface area contributed by atoms with Crippen molar-refractivity contribution < 1.29 is 4.79 Å². The van der Waals surface area contributed by atoms with E-state index in [0.717, 1.165) is 15.7 Å². The lowest BCUT2D eigenvalue weighted by Gasteiger charge is -2.06. The molecule has 0 fully saturated rings. The molecular weight excluding hydrogens is 266 g/mol. The fourth-order valence-electron chi connectivity index (χ4n) is 2.33. The minimum Gasteiger partial charge on any atom is -0.399 e. The average molecular weight is 281 g/mol. The molecular formula is C16H15N3O2. The van der Waals surface area contributed by atoms with Crippen molar-refractivity contribution in [1.29, 1.82) is 0 Å². The number of H-pyrrole nitrogens is 1. The molecule has 0 aliphatic rings. The molecule has 1 aromatic heterocycles. The number of nitrogens with two attached hydrogens (primary N) is 1. The number of carbonyl (C=O) groups is 1. The van der Waals surface area contributed by atoms with Crippen molar-refractivity contribution in [3.8, 4) is 0 Å². The van der Waals surface area contributed by atoms with Crippen LogP contribution in [0.4, 0.5) is 5.69 Å². The van der Waals surface area contributed by atoms with Crippen LogP contribution in [0.2, 0.25) is 0 Å². The normalized spacial score (nSPS) is 11.0. The smallest absolute Gasteiger partial charge is 0.333 e. The predicted octanol–water partition coefficient (Wildman–Crippen LogP) is 2.22. The molecule has 1 heterocycles. The Balaban J connectivity index is 2.21. The number of nitrogens with one attached hydrogen (secondary N) is 1. The van der Waals surface area contributed by atoms with Crippen molar-refractivity contribution in [2.24, 2.45) is 0 Å². The lowest BCUT2D eigenvalue weighted by atomic mass is 10.1. The van der Waals surface area contributed by atoms with E-state index < -0.39 is 5.69 Å². The lowest BCUT2D eigenvalue weighted by molar-refractivity contribution is 0.0961. The zero-order valence-electron chi connectivity index (χ0n) is 11.8. The fourth-order valence-corrected chi connectivity index (χ4v) is 2.33. The standard InChI is InChI=1S/C16H15N3O2/c1-9-3-4-11(7-10(9)2)15(20)19-14-8-12(17)5-6-13(14)18-16(19)21/h3-8H,17H2,1-2H3,(H,18,21). The van der Waals surface area contributed by atoms with E-state index in [-0.39, 0.29) is 5.91 Å². The third-order valence-electron chi connectivity index (χ3n) is 3.66. The van der Waals surface area contributed by atoms with Gasteiger partial charge in [0.1, 0.15) is 0 Å². The topological polar surface area (TPSA) is 80.9 Å². The van der Waals surface area contributed by atoms with Gasteiger partial charge < -0.3 is 10.7 Å². The van der Waals surface area contributed by atoms with Crippen LogP contribution in [0.15, 0.2) is 41.2 Å². The Kier molecular flexibility index (Phi) is 2.90. The summed E-state index contributed by atoms with van der Waals surface area (Å²) in [6, 6.07) is 10.4. The quantitative estimate of drug-likeness (QED) is 0.671. The first-order valence-electron chi connectivity index (χ1n) is 6.59. The van der Waals surface area contributed by atoms with Crippen molar-refractivity contribution >= 4 is 22.6 Å². The summed E-state index contributed by atoms with van der Waals surface area (Å²) >= 11 is 0. The molecule has 106 valence electrons. The zero-order valence-corrected chi connectivity index (χ0v) is 11.8. The number of rotatable bonds is 1. The van der Waals surface area contributed by atoms with Crippen molar-refractivity contribution in [2.75, 3.05) is 5.73 Å². The molecule has 5 nitrogen and oxygen atoms in total. The Morgan fingerprint density at radius 2 is 1.86 bits per heavy atom. The van der Waals surface area contributed by atoms with Crippen LogP contribution in [0.25, 0.3) is 11.0 Å². The number of hydrogen-bond donors (Lipinski definition) is 2. The van der Waals surface area contributed by atoms with E-state index in [1.807, 2.05) is 19.9 Å². The van der Waals surface area contributed by atoms with Crippen LogP contribution in [0.1, 0.15) is 21.5 Å². The molecule has 0 saturated carbocycles. The third-order valence-corrected chi connectivity index (χ3v) is 3.66. The van der Waals surface area contributed by atoms with Gasteiger partial charge in [0.2, 0.25) is 0 Å². The number of fused-ring (bicyclic) bond motifs is 1. The maximum absolute atomic E-state index is 12.6. The van der Waals surface area contributed by atoms with Crippen LogP contribution in [0.3, 0.4) is 0 Å². The van der Waals surface area contributed by atoms with Crippen LogP contribution < -0.4 is 11.4 Å². The Bertz CT molecular complexity index is 919. The predicted molar refractivity (Wildman–Crippen MR) is 82.6 cm³/mol. The van der Waals surface area contributed by atoms with Gasteiger partial charge in [0.15, 0.2) is 0 Å². The SMILES string of the molecule is Cc1ccc(C(=O)n2c(=O)[nH]c3ccc(N)cc32)cc1C. The van der Waals surface area contributed by atoms with E-state index in [4.69, 9.17) is 5.73 Å². The first-order chi connectivity index (χ1) is 9.97. The molecule has 0 saturated heterocycles. The number of imidazole rings is 1. The van der Waals surface area contributed by atoms with Gasteiger partial charge in [-0.25, -0.2) is 9.36 Å². The summed E-state index contributed by atoms with van der Waals surface area (Å²) in [7, 11) is 0. The van der Waals surface area contributed by atoms with Crippen LogP contribution in [-0.4, -0.2) is 15.5 Å². The summed E-state index contributed by atoms with van der Waals surface area (Å²) in [4.78, 5) is 27.3. The van der Waals surface area contributed by atoms with Gasteiger partial charge in [-0.15, -0.1) is 0 Å². The minimum atomic E-state index is -0.459. The summed E-state index contributed by atoms with van der Waals surface area (Å²) in [5, 5.41) is 0. The molecule has 0 aliphatic carbocycles. The third kappa shape index (κ3) is 2.12. The van der Waals surface area contributed by atoms with E-state index in [9.17, 15) is 9.59 Å². The second-order valence-corrected chi connectivity index (χ2v) is 5.15. The van der Waals surface area contributed by atoms with Crippen LogP contribution in [-0.2, 0) is 0 Å². The molecule has 0 bridgehead atoms. The van der Waals surface area contributed by atoms with Crippen molar-refractivity contribution in [1.82, 2.24) is 9.55 Å². The molecule has 0 spiro atoms. The number of aryl methyl sites for hydroxylation is 2. The van der Waals surface area contributed by atoms with E-state index in [0.29, 0.717) is 22.3 Å². The number of aromatic nitrogens is 2. The van der Waals surface area contributed by atoms with Gasteiger partial charge in [0.25, 0.3) is 5.91 Å². The van der Waals surface area contributed by atoms with Gasteiger partial charge in [-0.1, -0.05) is 6.07 Å². The van der Waals surface area contributed by atoms with E-state index in [1.165, 1.54) is 0 Å². The highest BCUT2D eigenvalue weighted by Gasteiger charge is 2.16. The first kappa shape index (κ1) is 13.2.